The van der Waals surface area contributed by atoms with Gasteiger partial charge in [-0.05, 0) is 42.5 Å². The largest absolute Gasteiger partial charge is 0.488 e. The zero-order chi connectivity index (χ0) is 18.2. The monoisotopic (exact) mass is 378 g/mol. The van der Waals surface area contributed by atoms with E-state index in [1.807, 2.05) is 13.1 Å². The van der Waals surface area contributed by atoms with Gasteiger partial charge in [0.25, 0.3) is 5.91 Å². The molecule has 2 aromatic rings. The molecule has 0 heterocycles. The van der Waals surface area contributed by atoms with Crippen molar-refractivity contribution in [3.8, 4) is 11.8 Å². The molecule has 0 aromatic heterocycles. The van der Waals surface area contributed by atoms with Gasteiger partial charge in [0, 0.05) is 10.7 Å². The predicted molar refractivity (Wildman–Crippen MR) is 98.4 cm³/mol. The first-order valence-corrected chi connectivity index (χ1v) is 8.42. The van der Waals surface area contributed by atoms with Crippen LogP contribution in [0.1, 0.15) is 5.56 Å². The van der Waals surface area contributed by atoms with E-state index in [0.717, 1.165) is 10.6 Å². The zero-order valence-electron chi connectivity index (χ0n) is 13.7. The first-order valence-electron chi connectivity index (χ1n) is 7.67. The SMILES string of the molecule is C[NH+](CCOc1ccc(Cl)cc1)CC(=O)Nc1ccc(C#N)c(Cl)c1. The molecule has 25 heavy (non-hydrogen) atoms. The standard InChI is InChI=1S/C18H17Cl2N3O2/c1-23(8-9-25-16-6-3-14(19)4-7-16)12-18(24)22-15-5-2-13(11-21)17(20)10-15/h2-7,10H,8-9,12H2,1H3,(H,22,24)/p+1. The topological polar surface area (TPSA) is 66.6 Å². The van der Waals surface area contributed by atoms with E-state index in [-0.39, 0.29) is 5.91 Å². The molecule has 1 unspecified atom stereocenters. The first-order chi connectivity index (χ1) is 12.0. The number of amides is 1. The number of halogens is 2. The maximum atomic E-state index is 12.1. The maximum Gasteiger partial charge on any atom is 0.279 e. The number of hydrogen-bond acceptors (Lipinski definition) is 3. The lowest BCUT2D eigenvalue weighted by Crippen LogP contribution is -3.10. The van der Waals surface area contributed by atoms with Crippen LogP contribution in [0.25, 0.3) is 0 Å². The Hall–Kier alpha value is -2.26. The summed E-state index contributed by atoms with van der Waals surface area (Å²) in [5.74, 6) is 0.610. The van der Waals surface area contributed by atoms with Gasteiger partial charge in [0.15, 0.2) is 6.54 Å². The lowest BCUT2D eigenvalue weighted by atomic mass is 10.2. The van der Waals surface area contributed by atoms with Gasteiger partial charge in [0.1, 0.15) is 25.0 Å². The number of nitrogens with zero attached hydrogens (tertiary/aromatic N) is 1. The number of likely N-dealkylation sites (N-methyl/N-ethyl adjacent to an activating group) is 1. The van der Waals surface area contributed by atoms with Crippen LogP contribution in [0.5, 0.6) is 5.75 Å². The van der Waals surface area contributed by atoms with Crippen LogP contribution in [-0.4, -0.2) is 32.7 Å². The van der Waals surface area contributed by atoms with Crippen molar-refractivity contribution < 1.29 is 14.4 Å². The Kier molecular flexibility index (Phi) is 7.08. The second kappa shape index (κ2) is 9.28. The van der Waals surface area contributed by atoms with Crippen LogP contribution in [0.3, 0.4) is 0 Å². The third-order valence-corrected chi connectivity index (χ3v) is 4.01. The number of rotatable bonds is 7. The number of carbonyl (C=O) groups is 1. The summed E-state index contributed by atoms with van der Waals surface area (Å²) < 4.78 is 5.61. The van der Waals surface area contributed by atoms with Crippen molar-refractivity contribution in [2.45, 2.75) is 0 Å². The van der Waals surface area contributed by atoms with Crippen molar-refractivity contribution >= 4 is 34.8 Å². The van der Waals surface area contributed by atoms with Gasteiger partial charge in [0.2, 0.25) is 0 Å². The average Bonchev–Trinajstić information content (AvgIpc) is 2.56. The Morgan fingerprint density at radius 1 is 1.24 bits per heavy atom. The molecule has 0 fully saturated rings. The van der Waals surface area contributed by atoms with E-state index in [1.54, 1.807) is 42.5 Å². The highest BCUT2D eigenvalue weighted by atomic mass is 35.5. The van der Waals surface area contributed by atoms with Crippen LogP contribution in [0.15, 0.2) is 42.5 Å². The van der Waals surface area contributed by atoms with E-state index in [1.165, 1.54) is 0 Å². The van der Waals surface area contributed by atoms with Crippen molar-refractivity contribution in [2.75, 3.05) is 32.1 Å². The van der Waals surface area contributed by atoms with Gasteiger partial charge in [-0.1, -0.05) is 23.2 Å². The summed E-state index contributed by atoms with van der Waals surface area (Å²) in [6.45, 7) is 1.45. The van der Waals surface area contributed by atoms with E-state index in [9.17, 15) is 4.79 Å². The van der Waals surface area contributed by atoms with Crippen LogP contribution in [-0.2, 0) is 4.79 Å². The minimum Gasteiger partial charge on any atom is -0.488 e. The molecule has 5 nitrogen and oxygen atoms in total. The summed E-state index contributed by atoms with van der Waals surface area (Å²) in [6, 6.07) is 13.9. The third-order valence-electron chi connectivity index (χ3n) is 3.45. The molecule has 0 aliphatic heterocycles. The van der Waals surface area contributed by atoms with Crippen molar-refractivity contribution in [2.24, 2.45) is 0 Å². The molecule has 1 atom stereocenters. The fourth-order valence-corrected chi connectivity index (χ4v) is 2.47. The number of nitriles is 1. The second-order valence-electron chi connectivity index (χ2n) is 5.54. The lowest BCUT2D eigenvalue weighted by molar-refractivity contribution is -0.871. The number of benzene rings is 2. The molecule has 0 bridgehead atoms. The van der Waals surface area contributed by atoms with E-state index < -0.39 is 0 Å². The molecule has 0 saturated heterocycles. The van der Waals surface area contributed by atoms with Crippen LogP contribution in [0, 0.1) is 11.3 Å². The highest BCUT2D eigenvalue weighted by molar-refractivity contribution is 6.32. The molecule has 130 valence electrons. The van der Waals surface area contributed by atoms with Gasteiger partial charge in [-0.15, -0.1) is 0 Å². The third kappa shape index (κ3) is 6.28. The summed E-state index contributed by atoms with van der Waals surface area (Å²) in [5, 5.41) is 12.6. The number of hydrogen-bond donors (Lipinski definition) is 2. The minimum atomic E-state index is -0.134. The molecular formula is C18H18Cl2N3O2+. The zero-order valence-corrected chi connectivity index (χ0v) is 15.2. The highest BCUT2D eigenvalue weighted by Gasteiger charge is 2.11. The lowest BCUT2D eigenvalue weighted by Gasteiger charge is -2.14. The number of nitrogens with one attached hydrogen (secondary N) is 2. The molecule has 1 amide bonds. The molecule has 0 saturated carbocycles. The average molecular weight is 379 g/mol. The number of anilines is 1. The predicted octanol–water partition coefficient (Wildman–Crippen LogP) is 2.40. The highest BCUT2D eigenvalue weighted by Crippen LogP contribution is 2.20. The van der Waals surface area contributed by atoms with E-state index >= 15 is 0 Å². The summed E-state index contributed by atoms with van der Waals surface area (Å²) in [7, 11) is 1.91. The van der Waals surface area contributed by atoms with Gasteiger partial charge in [-0.25, -0.2) is 0 Å². The van der Waals surface area contributed by atoms with E-state index in [0.29, 0.717) is 41.0 Å². The minimum absolute atomic E-state index is 0.134. The van der Waals surface area contributed by atoms with Crippen LogP contribution >= 0.6 is 23.2 Å². The van der Waals surface area contributed by atoms with Gasteiger partial charge >= 0.3 is 0 Å². The van der Waals surface area contributed by atoms with Crippen LogP contribution in [0.4, 0.5) is 5.69 Å². The van der Waals surface area contributed by atoms with Crippen molar-refractivity contribution in [1.82, 2.24) is 0 Å². The summed E-state index contributed by atoms with van der Waals surface area (Å²) in [6.07, 6.45) is 0. The normalized spacial score (nSPS) is 11.4. The molecular weight excluding hydrogens is 361 g/mol. The summed E-state index contributed by atoms with van der Waals surface area (Å²) in [5.41, 5.74) is 0.945. The molecule has 0 aliphatic rings. The number of ether oxygens (including phenoxy) is 1. The molecule has 2 N–H and O–H groups in total. The Morgan fingerprint density at radius 3 is 2.60 bits per heavy atom. The summed E-state index contributed by atoms with van der Waals surface area (Å²) >= 11 is 11.8. The first kappa shape index (κ1) is 19.1. The number of quaternary nitrogens is 1. The second-order valence-corrected chi connectivity index (χ2v) is 6.38. The van der Waals surface area contributed by atoms with E-state index in [4.69, 9.17) is 33.2 Å². The molecule has 2 rings (SSSR count). The molecule has 0 aliphatic carbocycles. The van der Waals surface area contributed by atoms with Gasteiger partial charge in [-0.2, -0.15) is 5.26 Å². The molecule has 2 aromatic carbocycles. The van der Waals surface area contributed by atoms with Gasteiger partial charge < -0.3 is 15.0 Å². The number of carbonyl (C=O) groups excluding carboxylic acids is 1. The fraction of sp³-hybridized carbons (Fsp3) is 0.222. The molecule has 7 heteroatoms. The van der Waals surface area contributed by atoms with Gasteiger partial charge in [-0.3, -0.25) is 4.79 Å². The van der Waals surface area contributed by atoms with Crippen molar-refractivity contribution in [3.05, 3.63) is 58.1 Å². The fourth-order valence-electron chi connectivity index (χ4n) is 2.13. The summed E-state index contributed by atoms with van der Waals surface area (Å²) in [4.78, 5) is 13.1. The Bertz CT molecular complexity index is 773. The van der Waals surface area contributed by atoms with E-state index in [2.05, 4.69) is 5.32 Å². The molecule has 0 radical (unpaired) electrons. The van der Waals surface area contributed by atoms with Crippen molar-refractivity contribution in [1.29, 1.82) is 5.26 Å². The van der Waals surface area contributed by atoms with Crippen molar-refractivity contribution in [3.63, 3.8) is 0 Å². The smallest absolute Gasteiger partial charge is 0.279 e. The van der Waals surface area contributed by atoms with Crippen LogP contribution in [0.2, 0.25) is 10.0 Å². The Balaban J connectivity index is 1.75. The quantitative estimate of drug-likeness (QED) is 0.777. The Morgan fingerprint density at radius 2 is 1.96 bits per heavy atom. The molecule has 0 spiro atoms. The maximum absolute atomic E-state index is 12.1. The van der Waals surface area contributed by atoms with Crippen LogP contribution < -0.4 is 15.0 Å². The van der Waals surface area contributed by atoms with Gasteiger partial charge in [0.05, 0.1) is 17.6 Å². The Labute approximate surface area is 156 Å².